The largest absolute Gasteiger partial charge is 0.321 e. The van der Waals surface area contributed by atoms with Crippen molar-refractivity contribution in [2.45, 2.75) is 6.92 Å². The molecule has 0 aliphatic heterocycles. The fourth-order valence-electron chi connectivity index (χ4n) is 1.61. The van der Waals surface area contributed by atoms with Crippen molar-refractivity contribution in [1.29, 1.82) is 0 Å². The summed E-state index contributed by atoms with van der Waals surface area (Å²) in [5.74, 6) is -0.165. The van der Waals surface area contributed by atoms with E-state index in [0.717, 1.165) is 15.7 Å². The molecule has 0 saturated carbocycles. The molecule has 4 heteroatoms. The standard InChI is InChI=1S/C14H11BrClNO/c1-9-10(5-4-7-12(9)16)14(18)17-13-8-3-2-6-11(13)15/h2-8H,1H3,(H,17,18). The van der Waals surface area contributed by atoms with E-state index in [1.54, 1.807) is 18.2 Å². The van der Waals surface area contributed by atoms with Crippen LogP contribution in [-0.4, -0.2) is 5.91 Å². The van der Waals surface area contributed by atoms with Crippen molar-refractivity contribution in [3.8, 4) is 0 Å². The monoisotopic (exact) mass is 323 g/mol. The number of para-hydroxylation sites is 1. The summed E-state index contributed by atoms with van der Waals surface area (Å²) in [7, 11) is 0. The van der Waals surface area contributed by atoms with Gasteiger partial charge in [0.15, 0.2) is 0 Å². The number of nitrogens with one attached hydrogen (secondary N) is 1. The van der Waals surface area contributed by atoms with Gasteiger partial charge in [0.2, 0.25) is 0 Å². The summed E-state index contributed by atoms with van der Waals surface area (Å²) in [5.41, 5.74) is 2.10. The maximum absolute atomic E-state index is 12.1. The minimum atomic E-state index is -0.165. The smallest absolute Gasteiger partial charge is 0.256 e. The molecule has 0 atom stereocenters. The average molecular weight is 325 g/mol. The lowest BCUT2D eigenvalue weighted by Crippen LogP contribution is -2.13. The Hall–Kier alpha value is -1.32. The molecule has 0 aliphatic rings. The average Bonchev–Trinajstić information content (AvgIpc) is 2.35. The number of hydrogen-bond donors (Lipinski definition) is 1. The maximum atomic E-state index is 12.1. The van der Waals surface area contributed by atoms with Gasteiger partial charge in [0.1, 0.15) is 0 Å². The zero-order valence-corrected chi connectivity index (χ0v) is 12.0. The number of hydrogen-bond acceptors (Lipinski definition) is 1. The van der Waals surface area contributed by atoms with Crippen molar-refractivity contribution in [1.82, 2.24) is 0 Å². The van der Waals surface area contributed by atoms with Gasteiger partial charge in [0, 0.05) is 15.1 Å². The number of anilines is 1. The van der Waals surface area contributed by atoms with Gasteiger partial charge < -0.3 is 5.32 Å². The van der Waals surface area contributed by atoms with Crippen LogP contribution in [0.5, 0.6) is 0 Å². The van der Waals surface area contributed by atoms with E-state index in [1.807, 2.05) is 31.2 Å². The minimum absolute atomic E-state index is 0.165. The Balaban J connectivity index is 2.28. The molecular formula is C14H11BrClNO. The van der Waals surface area contributed by atoms with Crippen molar-refractivity contribution >= 4 is 39.1 Å². The first-order valence-corrected chi connectivity index (χ1v) is 6.57. The first-order chi connectivity index (χ1) is 8.59. The molecule has 2 nitrogen and oxygen atoms in total. The fraction of sp³-hybridized carbons (Fsp3) is 0.0714. The third-order valence-electron chi connectivity index (χ3n) is 2.63. The van der Waals surface area contributed by atoms with E-state index in [1.165, 1.54) is 0 Å². The molecule has 0 spiro atoms. The lowest BCUT2D eigenvalue weighted by Gasteiger charge is -2.09. The Morgan fingerprint density at radius 1 is 1.17 bits per heavy atom. The van der Waals surface area contributed by atoms with Gasteiger partial charge >= 0.3 is 0 Å². The first kappa shape index (κ1) is 13.1. The number of carbonyl (C=O) groups excluding carboxylic acids is 1. The summed E-state index contributed by atoms with van der Waals surface area (Å²) in [6, 6.07) is 12.8. The van der Waals surface area contributed by atoms with E-state index in [4.69, 9.17) is 11.6 Å². The van der Waals surface area contributed by atoms with Gasteiger partial charge in [0.25, 0.3) is 5.91 Å². The zero-order valence-electron chi connectivity index (χ0n) is 9.71. The van der Waals surface area contributed by atoms with Crippen LogP contribution in [0.25, 0.3) is 0 Å². The van der Waals surface area contributed by atoms with Crippen LogP contribution >= 0.6 is 27.5 Å². The SMILES string of the molecule is Cc1c(Cl)cccc1C(=O)Nc1ccccc1Br. The minimum Gasteiger partial charge on any atom is -0.321 e. The van der Waals surface area contributed by atoms with E-state index in [-0.39, 0.29) is 5.91 Å². The Bertz CT molecular complexity index is 598. The molecule has 0 fully saturated rings. The lowest BCUT2D eigenvalue weighted by atomic mass is 10.1. The van der Waals surface area contributed by atoms with Gasteiger partial charge in [-0.3, -0.25) is 4.79 Å². The van der Waals surface area contributed by atoms with Gasteiger partial charge in [-0.25, -0.2) is 0 Å². The predicted molar refractivity (Wildman–Crippen MR) is 78.3 cm³/mol. The Kier molecular flexibility index (Phi) is 4.04. The normalized spacial score (nSPS) is 10.2. The molecule has 18 heavy (non-hydrogen) atoms. The second-order valence-electron chi connectivity index (χ2n) is 3.85. The molecule has 0 aliphatic carbocycles. The molecule has 0 saturated heterocycles. The predicted octanol–water partition coefficient (Wildman–Crippen LogP) is 4.66. The third-order valence-corrected chi connectivity index (χ3v) is 3.74. The quantitative estimate of drug-likeness (QED) is 0.855. The highest BCUT2D eigenvalue weighted by Gasteiger charge is 2.11. The number of amides is 1. The van der Waals surface area contributed by atoms with Gasteiger partial charge in [-0.2, -0.15) is 0 Å². The van der Waals surface area contributed by atoms with E-state index in [2.05, 4.69) is 21.2 Å². The molecule has 92 valence electrons. The third kappa shape index (κ3) is 2.74. The molecule has 0 radical (unpaired) electrons. The Morgan fingerprint density at radius 3 is 2.61 bits per heavy atom. The number of rotatable bonds is 2. The first-order valence-electron chi connectivity index (χ1n) is 5.40. The van der Waals surface area contributed by atoms with E-state index >= 15 is 0 Å². The van der Waals surface area contributed by atoms with Crippen LogP contribution in [0.4, 0.5) is 5.69 Å². The molecule has 2 aromatic rings. The van der Waals surface area contributed by atoms with Crippen LogP contribution in [0, 0.1) is 6.92 Å². The zero-order chi connectivity index (χ0) is 13.1. The van der Waals surface area contributed by atoms with Gasteiger partial charge in [-0.15, -0.1) is 0 Å². The van der Waals surface area contributed by atoms with E-state index in [0.29, 0.717) is 10.6 Å². The van der Waals surface area contributed by atoms with Crippen LogP contribution < -0.4 is 5.32 Å². The fourth-order valence-corrected chi connectivity index (χ4v) is 2.16. The summed E-state index contributed by atoms with van der Waals surface area (Å²) < 4.78 is 0.845. The number of halogens is 2. The highest BCUT2D eigenvalue weighted by atomic mass is 79.9. The number of carbonyl (C=O) groups is 1. The summed E-state index contributed by atoms with van der Waals surface area (Å²) >= 11 is 9.39. The molecule has 0 heterocycles. The molecule has 0 bridgehead atoms. The number of benzene rings is 2. The Morgan fingerprint density at radius 2 is 1.89 bits per heavy atom. The molecule has 1 N–H and O–H groups in total. The van der Waals surface area contributed by atoms with Crippen molar-refractivity contribution in [3.05, 3.63) is 63.1 Å². The summed E-state index contributed by atoms with van der Waals surface area (Å²) in [6.07, 6.45) is 0. The highest BCUT2D eigenvalue weighted by Crippen LogP contribution is 2.24. The van der Waals surface area contributed by atoms with Crippen molar-refractivity contribution < 1.29 is 4.79 Å². The van der Waals surface area contributed by atoms with Crippen LogP contribution in [-0.2, 0) is 0 Å². The summed E-state index contributed by atoms with van der Waals surface area (Å²) in [5, 5.41) is 3.44. The van der Waals surface area contributed by atoms with Gasteiger partial charge in [-0.05, 0) is 52.7 Å². The van der Waals surface area contributed by atoms with Crippen molar-refractivity contribution in [3.63, 3.8) is 0 Å². The summed E-state index contributed by atoms with van der Waals surface area (Å²) in [6.45, 7) is 1.83. The van der Waals surface area contributed by atoms with Crippen molar-refractivity contribution in [2.24, 2.45) is 0 Å². The molecule has 0 unspecified atom stereocenters. The van der Waals surface area contributed by atoms with Gasteiger partial charge in [-0.1, -0.05) is 29.8 Å². The molecular weight excluding hydrogens is 314 g/mol. The topological polar surface area (TPSA) is 29.1 Å². The second kappa shape index (κ2) is 5.55. The highest BCUT2D eigenvalue weighted by molar-refractivity contribution is 9.10. The van der Waals surface area contributed by atoms with E-state index in [9.17, 15) is 4.79 Å². The molecule has 2 aromatic carbocycles. The second-order valence-corrected chi connectivity index (χ2v) is 5.11. The molecule has 0 aromatic heterocycles. The maximum Gasteiger partial charge on any atom is 0.256 e. The van der Waals surface area contributed by atoms with Crippen LogP contribution in [0.3, 0.4) is 0 Å². The summed E-state index contributed by atoms with van der Waals surface area (Å²) in [4.78, 5) is 12.1. The van der Waals surface area contributed by atoms with Crippen LogP contribution in [0.2, 0.25) is 5.02 Å². The Labute approximate surface area is 119 Å². The molecule has 1 amide bonds. The lowest BCUT2D eigenvalue weighted by molar-refractivity contribution is 0.102. The van der Waals surface area contributed by atoms with Crippen LogP contribution in [0.15, 0.2) is 46.9 Å². The van der Waals surface area contributed by atoms with Crippen LogP contribution in [0.1, 0.15) is 15.9 Å². The van der Waals surface area contributed by atoms with Crippen molar-refractivity contribution in [2.75, 3.05) is 5.32 Å². The molecule has 2 rings (SSSR count). The van der Waals surface area contributed by atoms with Gasteiger partial charge in [0.05, 0.1) is 5.69 Å². The van der Waals surface area contributed by atoms with E-state index < -0.39 is 0 Å².